The molecule has 0 aliphatic heterocycles. The summed E-state index contributed by atoms with van der Waals surface area (Å²) in [7, 11) is 0. The fraction of sp³-hybridized carbons (Fsp3) is 0.450. The van der Waals surface area contributed by atoms with Crippen LogP contribution in [0.5, 0.6) is 5.75 Å². The summed E-state index contributed by atoms with van der Waals surface area (Å²) in [5, 5.41) is 5.07. The number of nitrogens with one attached hydrogen (secondary N) is 1. The molecule has 5 heteroatoms. The van der Waals surface area contributed by atoms with Gasteiger partial charge in [-0.2, -0.15) is 0 Å². The van der Waals surface area contributed by atoms with Gasteiger partial charge in [0.2, 0.25) is 0 Å². The highest BCUT2D eigenvalue weighted by Crippen LogP contribution is 2.26. The van der Waals surface area contributed by atoms with Gasteiger partial charge < -0.3 is 15.0 Å². The van der Waals surface area contributed by atoms with Crippen LogP contribution < -0.4 is 10.1 Å². The first kappa shape index (κ1) is 19.3. The highest BCUT2D eigenvalue weighted by atomic mass is 32.1. The summed E-state index contributed by atoms with van der Waals surface area (Å²) in [5.41, 5.74) is 0.779. The predicted molar refractivity (Wildman–Crippen MR) is 106 cm³/mol. The molecule has 1 aromatic carbocycles. The van der Waals surface area contributed by atoms with Crippen LogP contribution in [0.2, 0.25) is 0 Å². The highest BCUT2D eigenvalue weighted by molar-refractivity contribution is 7.10. The summed E-state index contributed by atoms with van der Waals surface area (Å²) in [6, 6.07) is 11.6. The van der Waals surface area contributed by atoms with Gasteiger partial charge in [0.05, 0.1) is 12.6 Å². The lowest BCUT2D eigenvalue weighted by Gasteiger charge is -2.29. The lowest BCUT2D eigenvalue weighted by molar-refractivity contribution is 0.190. The molecule has 1 atom stereocenters. The quantitative estimate of drug-likeness (QED) is 0.647. The van der Waals surface area contributed by atoms with Gasteiger partial charge in [0.25, 0.3) is 0 Å². The maximum absolute atomic E-state index is 12.9. The van der Waals surface area contributed by atoms with Crippen LogP contribution in [0, 0.1) is 5.92 Å². The number of benzene rings is 1. The van der Waals surface area contributed by atoms with Crippen LogP contribution in [0.15, 0.2) is 41.8 Å². The zero-order valence-corrected chi connectivity index (χ0v) is 16.3. The first-order valence-corrected chi connectivity index (χ1v) is 9.73. The molecular formula is C20H28N2O2S. The third-order valence-corrected chi connectivity index (χ3v) is 5.09. The molecule has 0 fully saturated rings. The number of rotatable bonds is 8. The van der Waals surface area contributed by atoms with Crippen molar-refractivity contribution in [3.63, 3.8) is 0 Å². The van der Waals surface area contributed by atoms with Crippen LogP contribution in [-0.2, 0) is 0 Å². The van der Waals surface area contributed by atoms with Crippen molar-refractivity contribution in [1.29, 1.82) is 0 Å². The number of thiophene rings is 1. The van der Waals surface area contributed by atoms with E-state index >= 15 is 0 Å². The van der Waals surface area contributed by atoms with Crippen molar-refractivity contribution in [2.45, 2.75) is 40.2 Å². The van der Waals surface area contributed by atoms with Gasteiger partial charge >= 0.3 is 6.03 Å². The molecule has 0 unspecified atom stereocenters. The van der Waals surface area contributed by atoms with E-state index in [1.54, 1.807) is 11.3 Å². The fourth-order valence-electron chi connectivity index (χ4n) is 2.55. The number of amides is 2. The van der Waals surface area contributed by atoms with Crippen molar-refractivity contribution in [3.8, 4) is 5.75 Å². The smallest absolute Gasteiger partial charge is 0.322 e. The molecule has 0 aliphatic rings. The van der Waals surface area contributed by atoms with E-state index in [1.165, 1.54) is 4.88 Å². The third kappa shape index (κ3) is 5.78. The number of nitrogens with zero attached hydrogens (tertiary/aromatic N) is 1. The second kappa shape index (κ2) is 9.47. The lowest BCUT2D eigenvalue weighted by Crippen LogP contribution is -2.38. The van der Waals surface area contributed by atoms with E-state index < -0.39 is 0 Å². The van der Waals surface area contributed by atoms with Gasteiger partial charge in [0.15, 0.2) is 0 Å². The Morgan fingerprint density at radius 2 is 1.92 bits per heavy atom. The predicted octanol–water partition coefficient (Wildman–Crippen LogP) is 5.79. The van der Waals surface area contributed by atoms with Crippen LogP contribution in [0.4, 0.5) is 10.5 Å². The van der Waals surface area contributed by atoms with E-state index in [4.69, 9.17) is 4.74 Å². The largest absolute Gasteiger partial charge is 0.494 e. The maximum Gasteiger partial charge on any atom is 0.322 e. The molecule has 4 nitrogen and oxygen atoms in total. The molecule has 0 spiro atoms. The van der Waals surface area contributed by atoms with Gasteiger partial charge in [-0.05, 0) is 61.9 Å². The van der Waals surface area contributed by atoms with Crippen LogP contribution in [0.1, 0.15) is 45.0 Å². The Morgan fingerprint density at radius 1 is 1.20 bits per heavy atom. The van der Waals surface area contributed by atoms with E-state index in [1.807, 2.05) is 42.2 Å². The molecule has 0 radical (unpaired) electrons. The summed E-state index contributed by atoms with van der Waals surface area (Å²) in [6.45, 7) is 9.77. The second-order valence-corrected chi connectivity index (χ2v) is 7.43. The fourth-order valence-corrected chi connectivity index (χ4v) is 3.34. The Labute approximate surface area is 154 Å². The Balaban J connectivity index is 2.08. The van der Waals surface area contributed by atoms with Gasteiger partial charge in [0, 0.05) is 17.1 Å². The molecule has 2 aromatic rings. The summed E-state index contributed by atoms with van der Waals surface area (Å²) in [6.07, 6.45) is 0.979. The van der Waals surface area contributed by atoms with Gasteiger partial charge in [-0.25, -0.2) is 4.79 Å². The van der Waals surface area contributed by atoms with E-state index in [2.05, 4.69) is 37.5 Å². The summed E-state index contributed by atoms with van der Waals surface area (Å²) < 4.78 is 5.44. The number of hydrogen-bond donors (Lipinski definition) is 1. The molecule has 0 aliphatic carbocycles. The Kier molecular flexibility index (Phi) is 7.31. The number of hydrogen-bond acceptors (Lipinski definition) is 3. The number of ether oxygens (including phenoxy) is 1. The first-order chi connectivity index (χ1) is 12.0. The normalized spacial score (nSPS) is 12.0. The van der Waals surface area contributed by atoms with Crippen LogP contribution in [0.25, 0.3) is 0 Å². The summed E-state index contributed by atoms with van der Waals surface area (Å²) in [5.74, 6) is 1.36. The minimum atomic E-state index is -0.0642. The molecule has 25 heavy (non-hydrogen) atoms. The van der Waals surface area contributed by atoms with Crippen molar-refractivity contribution in [3.05, 3.63) is 46.7 Å². The minimum Gasteiger partial charge on any atom is -0.494 e. The zero-order valence-electron chi connectivity index (χ0n) is 15.5. The van der Waals surface area contributed by atoms with Gasteiger partial charge in [-0.3, -0.25) is 0 Å². The van der Waals surface area contributed by atoms with E-state index in [-0.39, 0.29) is 12.1 Å². The molecule has 0 saturated heterocycles. The van der Waals surface area contributed by atoms with Crippen molar-refractivity contribution >= 4 is 23.1 Å². The summed E-state index contributed by atoms with van der Waals surface area (Å²) in [4.78, 5) is 16.0. The molecule has 1 N–H and O–H groups in total. The number of carbonyl (C=O) groups excluding carboxylic acids is 1. The van der Waals surface area contributed by atoms with Gasteiger partial charge in [-0.15, -0.1) is 11.3 Å². The molecule has 1 aromatic heterocycles. The molecule has 136 valence electrons. The topological polar surface area (TPSA) is 41.6 Å². The standard InChI is InChI=1S/C20H28N2O2S/c1-5-24-18-10-8-17(9-11-18)21-20(23)22(13-12-15(2)3)16(4)19-7-6-14-25-19/h6-11,14-16H,5,12-13H2,1-4H3,(H,21,23)/t16-/m1/s1. The molecule has 2 amide bonds. The van der Waals surface area contributed by atoms with Gasteiger partial charge in [-0.1, -0.05) is 19.9 Å². The first-order valence-electron chi connectivity index (χ1n) is 8.85. The Morgan fingerprint density at radius 3 is 2.48 bits per heavy atom. The summed E-state index contributed by atoms with van der Waals surface area (Å²) >= 11 is 1.69. The molecular weight excluding hydrogens is 332 g/mol. The molecule has 0 bridgehead atoms. The van der Waals surface area contributed by atoms with Crippen molar-refractivity contribution in [2.24, 2.45) is 5.92 Å². The van der Waals surface area contributed by atoms with Crippen molar-refractivity contribution in [2.75, 3.05) is 18.5 Å². The van der Waals surface area contributed by atoms with E-state index in [0.29, 0.717) is 12.5 Å². The molecule has 0 saturated carbocycles. The molecule has 1 heterocycles. The molecule has 2 rings (SSSR count). The number of anilines is 1. The average molecular weight is 361 g/mol. The van der Waals surface area contributed by atoms with Crippen molar-refractivity contribution in [1.82, 2.24) is 4.90 Å². The monoisotopic (exact) mass is 360 g/mol. The van der Waals surface area contributed by atoms with Crippen LogP contribution >= 0.6 is 11.3 Å². The van der Waals surface area contributed by atoms with E-state index in [0.717, 1.165) is 24.4 Å². The maximum atomic E-state index is 12.9. The Hall–Kier alpha value is -2.01. The highest BCUT2D eigenvalue weighted by Gasteiger charge is 2.22. The van der Waals surface area contributed by atoms with Gasteiger partial charge in [0.1, 0.15) is 5.75 Å². The third-order valence-electron chi connectivity index (χ3n) is 4.05. The lowest BCUT2D eigenvalue weighted by atomic mass is 10.1. The van der Waals surface area contributed by atoms with E-state index in [9.17, 15) is 4.79 Å². The van der Waals surface area contributed by atoms with Crippen molar-refractivity contribution < 1.29 is 9.53 Å². The van der Waals surface area contributed by atoms with Crippen LogP contribution in [0.3, 0.4) is 0 Å². The number of carbonyl (C=O) groups is 1. The zero-order chi connectivity index (χ0) is 18.2. The average Bonchev–Trinajstić information content (AvgIpc) is 3.11. The van der Waals surface area contributed by atoms with Crippen LogP contribution in [-0.4, -0.2) is 24.1 Å². The number of urea groups is 1. The SMILES string of the molecule is CCOc1ccc(NC(=O)N(CCC(C)C)[C@H](C)c2cccs2)cc1. The second-order valence-electron chi connectivity index (χ2n) is 6.45. The minimum absolute atomic E-state index is 0.0569. The Bertz CT molecular complexity index is 638.